The van der Waals surface area contributed by atoms with E-state index in [1.165, 1.54) is 28.6 Å². The highest BCUT2D eigenvalue weighted by molar-refractivity contribution is 8.00. The zero-order chi connectivity index (χ0) is 22.8. The van der Waals surface area contributed by atoms with Crippen LogP contribution in [-0.4, -0.2) is 54.3 Å². The van der Waals surface area contributed by atoms with Gasteiger partial charge in [-0.2, -0.15) is 0 Å². The molecule has 7 heteroatoms. The number of hydrogen-bond donors (Lipinski definition) is 0. The van der Waals surface area contributed by atoms with E-state index in [1.807, 2.05) is 31.2 Å². The Balaban J connectivity index is 1.41. The van der Waals surface area contributed by atoms with Crippen molar-refractivity contribution in [1.29, 1.82) is 0 Å². The van der Waals surface area contributed by atoms with Crippen LogP contribution < -0.4 is 0 Å². The number of nitrogens with zero attached hydrogens (tertiary/aromatic N) is 1. The van der Waals surface area contributed by atoms with Crippen LogP contribution in [0.5, 0.6) is 0 Å². The molecule has 0 radical (unpaired) electrons. The molecular formula is C25H35NO5S. The maximum atomic E-state index is 13.1. The van der Waals surface area contributed by atoms with E-state index in [0.29, 0.717) is 31.5 Å². The van der Waals surface area contributed by atoms with Gasteiger partial charge >= 0.3 is 6.09 Å². The third-order valence-electron chi connectivity index (χ3n) is 6.77. The SMILES string of the molecule is Cc1ccc(C2(CSCC(=O)N3C(=O)OC[C@@H]3C3CCCCC3)OCC(C)(C)CO2)cc1. The smallest absolute Gasteiger partial charge is 0.417 e. The van der Waals surface area contributed by atoms with Crippen LogP contribution in [0.15, 0.2) is 24.3 Å². The molecule has 1 aliphatic carbocycles. The van der Waals surface area contributed by atoms with Crippen LogP contribution in [0.25, 0.3) is 0 Å². The lowest BCUT2D eigenvalue weighted by Crippen LogP contribution is -2.48. The van der Waals surface area contributed by atoms with Crippen molar-refractivity contribution in [3.8, 4) is 0 Å². The second kappa shape index (κ2) is 9.74. The van der Waals surface area contributed by atoms with Crippen LogP contribution in [0.4, 0.5) is 4.79 Å². The van der Waals surface area contributed by atoms with Gasteiger partial charge in [0.15, 0.2) is 0 Å². The van der Waals surface area contributed by atoms with Crippen molar-refractivity contribution in [3.63, 3.8) is 0 Å². The van der Waals surface area contributed by atoms with E-state index in [0.717, 1.165) is 31.2 Å². The molecule has 1 aromatic carbocycles. The van der Waals surface area contributed by atoms with Gasteiger partial charge in [-0.15, -0.1) is 11.8 Å². The Hall–Kier alpha value is -1.57. The molecule has 3 fully saturated rings. The van der Waals surface area contributed by atoms with Gasteiger partial charge in [0.25, 0.3) is 0 Å². The van der Waals surface area contributed by atoms with Gasteiger partial charge in [0.1, 0.15) is 6.61 Å². The summed E-state index contributed by atoms with van der Waals surface area (Å²) in [5.41, 5.74) is 2.07. The van der Waals surface area contributed by atoms with Crippen LogP contribution in [0.2, 0.25) is 0 Å². The Morgan fingerprint density at radius 1 is 1.09 bits per heavy atom. The summed E-state index contributed by atoms with van der Waals surface area (Å²) in [6.45, 7) is 7.78. The summed E-state index contributed by atoms with van der Waals surface area (Å²) in [6, 6.07) is 8.05. The summed E-state index contributed by atoms with van der Waals surface area (Å²) in [4.78, 5) is 26.8. The number of carbonyl (C=O) groups is 2. The minimum atomic E-state index is -0.886. The normalized spacial score (nSPS) is 25.5. The molecule has 0 unspecified atom stereocenters. The lowest BCUT2D eigenvalue weighted by atomic mass is 9.84. The molecule has 0 bridgehead atoms. The van der Waals surface area contributed by atoms with Crippen molar-refractivity contribution >= 4 is 23.8 Å². The summed E-state index contributed by atoms with van der Waals surface area (Å²) in [5, 5.41) is 0. The fraction of sp³-hybridized carbons (Fsp3) is 0.680. The molecule has 176 valence electrons. The second-order valence-electron chi connectivity index (χ2n) is 10.2. The highest BCUT2D eigenvalue weighted by Gasteiger charge is 2.44. The zero-order valence-electron chi connectivity index (χ0n) is 19.4. The van der Waals surface area contributed by atoms with E-state index in [9.17, 15) is 9.59 Å². The molecule has 0 spiro atoms. The molecular weight excluding hydrogens is 426 g/mol. The number of rotatable bonds is 6. The molecule has 1 atom stereocenters. The average molecular weight is 462 g/mol. The molecule has 0 aromatic heterocycles. The fourth-order valence-electron chi connectivity index (χ4n) is 4.78. The van der Waals surface area contributed by atoms with E-state index >= 15 is 0 Å². The number of amides is 2. The maximum absolute atomic E-state index is 13.1. The number of imide groups is 1. The minimum Gasteiger partial charge on any atom is -0.447 e. The van der Waals surface area contributed by atoms with Crippen LogP contribution in [0.1, 0.15) is 57.1 Å². The largest absolute Gasteiger partial charge is 0.447 e. The average Bonchev–Trinajstić information content (AvgIpc) is 3.18. The molecule has 4 rings (SSSR count). The maximum Gasteiger partial charge on any atom is 0.417 e. The van der Waals surface area contributed by atoms with Crippen molar-refractivity contribution in [2.45, 2.75) is 64.7 Å². The second-order valence-corrected chi connectivity index (χ2v) is 11.1. The number of carbonyl (C=O) groups excluding carboxylic acids is 2. The van der Waals surface area contributed by atoms with Crippen LogP contribution >= 0.6 is 11.8 Å². The first-order valence-electron chi connectivity index (χ1n) is 11.7. The lowest BCUT2D eigenvalue weighted by molar-refractivity contribution is -0.295. The quantitative estimate of drug-likeness (QED) is 0.602. The Morgan fingerprint density at radius 2 is 1.75 bits per heavy atom. The number of cyclic esters (lactones) is 1. The Bertz CT molecular complexity index is 808. The third-order valence-corrected chi connectivity index (χ3v) is 7.80. The van der Waals surface area contributed by atoms with Gasteiger partial charge in [-0.1, -0.05) is 62.9 Å². The van der Waals surface area contributed by atoms with E-state index in [4.69, 9.17) is 14.2 Å². The molecule has 6 nitrogen and oxygen atoms in total. The Morgan fingerprint density at radius 3 is 2.41 bits per heavy atom. The third kappa shape index (κ3) is 5.15. The summed E-state index contributed by atoms with van der Waals surface area (Å²) in [6.07, 6.45) is 5.19. The predicted octanol–water partition coefficient (Wildman–Crippen LogP) is 4.88. The van der Waals surface area contributed by atoms with Gasteiger partial charge < -0.3 is 14.2 Å². The van der Waals surface area contributed by atoms with Gasteiger partial charge in [-0.25, -0.2) is 9.69 Å². The molecule has 3 aliphatic rings. The molecule has 2 amide bonds. The monoisotopic (exact) mass is 461 g/mol. The van der Waals surface area contributed by atoms with Gasteiger partial charge in [0.05, 0.1) is 30.8 Å². The van der Waals surface area contributed by atoms with E-state index in [-0.39, 0.29) is 23.1 Å². The Kier molecular flexibility index (Phi) is 7.18. The van der Waals surface area contributed by atoms with Crippen LogP contribution in [-0.2, 0) is 24.8 Å². The highest BCUT2D eigenvalue weighted by atomic mass is 32.2. The van der Waals surface area contributed by atoms with E-state index in [2.05, 4.69) is 13.8 Å². The van der Waals surface area contributed by atoms with Gasteiger partial charge in [0.2, 0.25) is 11.7 Å². The molecule has 32 heavy (non-hydrogen) atoms. The minimum absolute atomic E-state index is 0.0544. The topological polar surface area (TPSA) is 65.1 Å². The molecule has 2 aliphatic heterocycles. The highest BCUT2D eigenvalue weighted by Crippen LogP contribution is 2.39. The van der Waals surface area contributed by atoms with Gasteiger partial charge in [-0.3, -0.25) is 4.79 Å². The van der Waals surface area contributed by atoms with Crippen molar-refractivity contribution in [1.82, 2.24) is 4.90 Å². The summed E-state index contributed by atoms with van der Waals surface area (Å²) < 4.78 is 17.9. The summed E-state index contributed by atoms with van der Waals surface area (Å²) in [7, 11) is 0. The molecule has 1 saturated carbocycles. The summed E-state index contributed by atoms with van der Waals surface area (Å²) in [5.74, 6) is -0.0297. The number of ether oxygens (including phenoxy) is 3. The van der Waals surface area contributed by atoms with E-state index in [1.54, 1.807) is 0 Å². The number of aryl methyl sites for hydroxylation is 1. The van der Waals surface area contributed by atoms with Crippen molar-refractivity contribution in [3.05, 3.63) is 35.4 Å². The van der Waals surface area contributed by atoms with Crippen LogP contribution in [0, 0.1) is 18.3 Å². The molecule has 2 heterocycles. The standard InChI is InChI=1S/C25H35NO5S/c1-18-9-11-20(12-10-18)25(30-15-24(2,3)16-31-25)17-32-14-22(27)26-21(13-29-23(26)28)19-7-5-4-6-8-19/h9-12,19,21H,4-8,13-17H2,1-3H3/t21-/m1/s1. The first kappa shape index (κ1) is 23.6. The van der Waals surface area contributed by atoms with Crippen molar-refractivity contribution < 1.29 is 23.8 Å². The zero-order valence-corrected chi connectivity index (χ0v) is 20.2. The number of thioether (sulfide) groups is 1. The van der Waals surface area contributed by atoms with Crippen LogP contribution in [0.3, 0.4) is 0 Å². The first-order chi connectivity index (χ1) is 15.3. The predicted molar refractivity (Wildman–Crippen MR) is 124 cm³/mol. The number of hydrogen-bond acceptors (Lipinski definition) is 6. The van der Waals surface area contributed by atoms with Crippen molar-refractivity contribution in [2.24, 2.45) is 11.3 Å². The Labute approximate surface area is 195 Å². The lowest BCUT2D eigenvalue weighted by Gasteiger charge is -2.43. The van der Waals surface area contributed by atoms with E-state index < -0.39 is 11.9 Å². The molecule has 2 saturated heterocycles. The first-order valence-corrected chi connectivity index (χ1v) is 12.9. The van der Waals surface area contributed by atoms with Crippen molar-refractivity contribution in [2.75, 3.05) is 31.3 Å². The van der Waals surface area contributed by atoms with Gasteiger partial charge in [0, 0.05) is 11.0 Å². The number of benzene rings is 1. The molecule has 0 N–H and O–H groups in total. The molecule has 1 aromatic rings. The fourth-order valence-corrected chi connectivity index (χ4v) is 5.80. The summed E-state index contributed by atoms with van der Waals surface area (Å²) >= 11 is 1.45. The van der Waals surface area contributed by atoms with Gasteiger partial charge in [-0.05, 0) is 25.7 Å².